The Balaban J connectivity index is 2.04. The highest BCUT2D eigenvalue weighted by Gasteiger charge is 2.11. The minimum absolute atomic E-state index is 0.174. The van der Waals surface area contributed by atoms with E-state index in [-0.39, 0.29) is 6.42 Å². The van der Waals surface area contributed by atoms with Crippen LogP contribution in [0.15, 0.2) is 29.7 Å². The van der Waals surface area contributed by atoms with Crippen LogP contribution in [0.2, 0.25) is 0 Å². The van der Waals surface area contributed by atoms with Crippen molar-refractivity contribution in [3.8, 4) is 5.69 Å². The number of imide groups is 1. The van der Waals surface area contributed by atoms with Gasteiger partial charge in [0.2, 0.25) is 5.91 Å². The molecule has 0 aliphatic rings. The van der Waals surface area contributed by atoms with Gasteiger partial charge in [-0.1, -0.05) is 29.5 Å². The SMILES string of the molecule is Cc1ccc(-n2cnnc2SCCC(=O)NC(N)=O)c(C)c1. The van der Waals surface area contributed by atoms with Crippen molar-refractivity contribution in [2.24, 2.45) is 5.73 Å². The quantitative estimate of drug-likeness (QED) is 0.814. The molecule has 0 bridgehead atoms. The van der Waals surface area contributed by atoms with Crippen LogP contribution >= 0.6 is 11.8 Å². The molecule has 2 aromatic rings. The number of urea groups is 1. The Morgan fingerprint density at radius 3 is 2.82 bits per heavy atom. The molecule has 0 atom stereocenters. The molecule has 1 aromatic carbocycles. The summed E-state index contributed by atoms with van der Waals surface area (Å²) in [4.78, 5) is 21.9. The molecule has 8 heteroatoms. The summed E-state index contributed by atoms with van der Waals surface area (Å²) in [7, 11) is 0. The third-order valence-corrected chi connectivity index (χ3v) is 3.90. The number of aryl methyl sites for hydroxylation is 2. The lowest BCUT2D eigenvalue weighted by Crippen LogP contribution is -2.35. The van der Waals surface area contributed by atoms with Crippen molar-refractivity contribution in [2.75, 3.05) is 5.75 Å². The minimum Gasteiger partial charge on any atom is -0.351 e. The second-order valence-corrected chi connectivity index (χ2v) is 5.85. The Morgan fingerprint density at radius 1 is 1.36 bits per heavy atom. The van der Waals surface area contributed by atoms with Gasteiger partial charge in [-0.3, -0.25) is 14.7 Å². The maximum Gasteiger partial charge on any atom is 0.318 e. The lowest BCUT2D eigenvalue weighted by Gasteiger charge is -2.10. The molecule has 7 nitrogen and oxygen atoms in total. The summed E-state index contributed by atoms with van der Waals surface area (Å²) >= 11 is 1.39. The van der Waals surface area contributed by atoms with E-state index in [1.807, 2.05) is 35.9 Å². The molecule has 0 saturated heterocycles. The average molecular weight is 319 g/mol. The number of nitrogens with one attached hydrogen (secondary N) is 1. The monoisotopic (exact) mass is 319 g/mol. The number of benzene rings is 1. The van der Waals surface area contributed by atoms with Gasteiger partial charge in [0.15, 0.2) is 5.16 Å². The van der Waals surface area contributed by atoms with Crippen LogP contribution < -0.4 is 11.1 Å². The Hall–Kier alpha value is -2.35. The first kappa shape index (κ1) is 16.0. The highest BCUT2D eigenvalue weighted by Crippen LogP contribution is 2.22. The summed E-state index contributed by atoms with van der Waals surface area (Å²) in [6, 6.07) is 5.28. The van der Waals surface area contributed by atoms with Gasteiger partial charge in [0, 0.05) is 12.2 Å². The molecule has 0 unspecified atom stereocenters. The van der Waals surface area contributed by atoms with Crippen molar-refractivity contribution in [3.05, 3.63) is 35.7 Å². The van der Waals surface area contributed by atoms with Gasteiger partial charge in [-0.15, -0.1) is 10.2 Å². The van der Waals surface area contributed by atoms with Crippen LogP contribution in [-0.2, 0) is 4.79 Å². The predicted molar refractivity (Wildman–Crippen MR) is 83.9 cm³/mol. The first-order chi connectivity index (χ1) is 10.5. The molecule has 116 valence electrons. The van der Waals surface area contributed by atoms with Crippen molar-refractivity contribution in [1.82, 2.24) is 20.1 Å². The highest BCUT2D eigenvalue weighted by atomic mass is 32.2. The summed E-state index contributed by atoms with van der Waals surface area (Å²) in [6.07, 6.45) is 1.82. The lowest BCUT2D eigenvalue weighted by atomic mass is 10.1. The van der Waals surface area contributed by atoms with E-state index in [0.29, 0.717) is 10.9 Å². The molecular formula is C14H17N5O2S. The zero-order valence-corrected chi connectivity index (χ0v) is 13.2. The zero-order chi connectivity index (χ0) is 16.1. The van der Waals surface area contributed by atoms with Crippen LogP contribution in [0, 0.1) is 13.8 Å². The molecule has 0 aliphatic heterocycles. The van der Waals surface area contributed by atoms with Gasteiger partial charge in [0.1, 0.15) is 6.33 Å². The van der Waals surface area contributed by atoms with Crippen molar-refractivity contribution < 1.29 is 9.59 Å². The van der Waals surface area contributed by atoms with Crippen molar-refractivity contribution >= 4 is 23.7 Å². The molecular weight excluding hydrogens is 302 g/mol. The Kier molecular flexibility index (Phi) is 5.16. The topological polar surface area (TPSA) is 103 Å². The molecule has 0 fully saturated rings. The Labute approximate surface area is 132 Å². The average Bonchev–Trinajstić information content (AvgIpc) is 2.86. The first-order valence-electron chi connectivity index (χ1n) is 6.67. The van der Waals surface area contributed by atoms with E-state index in [0.717, 1.165) is 11.3 Å². The number of rotatable bonds is 5. The van der Waals surface area contributed by atoms with E-state index in [4.69, 9.17) is 5.73 Å². The fourth-order valence-electron chi connectivity index (χ4n) is 2.00. The molecule has 0 spiro atoms. The summed E-state index contributed by atoms with van der Waals surface area (Å²) in [6.45, 7) is 4.06. The molecule has 0 aliphatic carbocycles. The van der Waals surface area contributed by atoms with Gasteiger partial charge in [-0.2, -0.15) is 0 Å². The minimum atomic E-state index is -0.839. The van der Waals surface area contributed by atoms with E-state index in [2.05, 4.69) is 16.3 Å². The number of carbonyl (C=O) groups is 2. The molecule has 3 amide bonds. The van der Waals surface area contributed by atoms with Crippen molar-refractivity contribution in [3.63, 3.8) is 0 Å². The molecule has 0 saturated carbocycles. The number of nitrogens with two attached hydrogens (primary N) is 1. The largest absolute Gasteiger partial charge is 0.351 e. The summed E-state index contributed by atoms with van der Waals surface area (Å²) in [5, 5.41) is 10.7. The summed E-state index contributed by atoms with van der Waals surface area (Å²) in [5.41, 5.74) is 8.19. The molecule has 3 N–H and O–H groups in total. The van der Waals surface area contributed by atoms with Crippen LogP contribution in [0.4, 0.5) is 4.79 Å². The predicted octanol–water partition coefficient (Wildman–Crippen LogP) is 1.56. The molecule has 0 radical (unpaired) electrons. The molecule has 22 heavy (non-hydrogen) atoms. The van der Waals surface area contributed by atoms with Gasteiger partial charge in [0.25, 0.3) is 0 Å². The normalized spacial score (nSPS) is 10.5. The standard InChI is InChI=1S/C14H17N5O2S/c1-9-3-4-11(10(2)7-9)19-8-16-18-14(19)22-6-5-12(20)17-13(15)21/h3-4,7-8H,5-6H2,1-2H3,(H3,15,17,20,21). The van der Waals surface area contributed by atoms with Crippen LogP contribution in [-0.4, -0.2) is 32.5 Å². The number of hydrogen-bond donors (Lipinski definition) is 2. The van der Waals surface area contributed by atoms with Crippen LogP contribution in [0.3, 0.4) is 0 Å². The van der Waals surface area contributed by atoms with Crippen molar-refractivity contribution in [1.29, 1.82) is 0 Å². The number of carbonyl (C=O) groups excluding carboxylic acids is 2. The van der Waals surface area contributed by atoms with Gasteiger partial charge >= 0.3 is 6.03 Å². The van der Waals surface area contributed by atoms with Gasteiger partial charge in [0.05, 0.1) is 5.69 Å². The van der Waals surface area contributed by atoms with E-state index in [1.165, 1.54) is 17.3 Å². The van der Waals surface area contributed by atoms with Gasteiger partial charge in [-0.25, -0.2) is 4.79 Å². The van der Waals surface area contributed by atoms with Gasteiger partial charge in [-0.05, 0) is 25.5 Å². The highest BCUT2D eigenvalue weighted by molar-refractivity contribution is 7.99. The maximum absolute atomic E-state index is 11.4. The second kappa shape index (κ2) is 7.08. The van der Waals surface area contributed by atoms with Crippen LogP contribution in [0.25, 0.3) is 5.69 Å². The smallest absolute Gasteiger partial charge is 0.318 e. The maximum atomic E-state index is 11.4. The van der Waals surface area contributed by atoms with Crippen LogP contribution in [0.5, 0.6) is 0 Å². The molecule has 1 aromatic heterocycles. The second-order valence-electron chi connectivity index (χ2n) is 4.78. The van der Waals surface area contributed by atoms with E-state index in [9.17, 15) is 9.59 Å². The lowest BCUT2D eigenvalue weighted by molar-refractivity contribution is -0.119. The number of aromatic nitrogens is 3. The van der Waals surface area contributed by atoms with E-state index >= 15 is 0 Å². The Morgan fingerprint density at radius 2 is 2.14 bits per heavy atom. The van der Waals surface area contributed by atoms with E-state index in [1.54, 1.807) is 6.33 Å². The number of nitrogens with zero attached hydrogens (tertiary/aromatic N) is 3. The summed E-state index contributed by atoms with van der Waals surface area (Å²) in [5.74, 6) is 0.0699. The molecule has 1 heterocycles. The zero-order valence-electron chi connectivity index (χ0n) is 12.4. The third kappa shape index (κ3) is 4.08. The number of thioether (sulfide) groups is 1. The number of primary amides is 1. The fourth-order valence-corrected chi connectivity index (χ4v) is 2.86. The number of amides is 3. The van der Waals surface area contributed by atoms with Crippen molar-refractivity contribution in [2.45, 2.75) is 25.4 Å². The Bertz CT molecular complexity index is 698. The van der Waals surface area contributed by atoms with Gasteiger partial charge < -0.3 is 5.73 Å². The fraction of sp³-hybridized carbons (Fsp3) is 0.286. The third-order valence-electron chi connectivity index (χ3n) is 2.95. The van der Waals surface area contributed by atoms with Crippen LogP contribution in [0.1, 0.15) is 17.5 Å². The molecule has 2 rings (SSSR count). The van der Waals surface area contributed by atoms with E-state index < -0.39 is 11.9 Å². The summed E-state index contributed by atoms with van der Waals surface area (Å²) < 4.78 is 1.88. The first-order valence-corrected chi connectivity index (χ1v) is 7.65. The number of hydrogen-bond acceptors (Lipinski definition) is 5.